The highest BCUT2D eigenvalue weighted by molar-refractivity contribution is 7.99. The van der Waals surface area contributed by atoms with Gasteiger partial charge in [0.15, 0.2) is 0 Å². The summed E-state index contributed by atoms with van der Waals surface area (Å²) in [4.78, 5) is 28.5. The van der Waals surface area contributed by atoms with E-state index in [1.54, 1.807) is 16.7 Å². The zero-order valence-electron chi connectivity index (χ0n) is 20.3. The van der Waals surface area contributed by atoms with Crippen molar-refractivity contribution in [1.29, 1.82) is 0 Å². The number of hydrogen-bond donors (Lipinski definition) is 1. The van der Waals surface area contributed by atoms with Gasteiger partial charge in [-0.3, -0.25) is 9.59 Å². The van der Waals surface area contributed by atoms with Crippen molar-refractivity contribution >= 4 is 23.6 Å². The van der Waals surface area contributed by atoms with Crippen LogP contribution in [-0.2, 0) is 28.3 Å². The van der Waals surface area contributed by atoms with Crippen molar-refractivity contribution in [3.63, 3.8) is 0 Å². The maximum atomic E-state index is 13.6. The fraction of sp³-hybridized carbons (Fsp3) is 0.310. The fourth-order valence-electron chi connectivity index (χ4n) is 3.96. The lowest BCUT2D eigenvalue weighted by Crippen LogP contribution is -2.51. The molecule has 178 valence electrons. The van der Waals surface area contributed by atoms with E-state index in [9.17, 15) is 9.59 Å². The van der Waals surface area contributed by atoms with Crippen LogP contribution in [0.25, 0.3) is 0 Å². The summed E-state index contributed by atoms with van der Waals surface area (Å²) >= 11 is 1.60. The lowest BCUT2D eigenvalue weighted by atomic mass is 10.0. The standard InChI is InChI=1S/C29H34N2O2S/c1-4-30-29(33)27(18-24-13-6-5-7-14-24)31(19-25-15-10-11-22(2)17-25)28(32)21-34-20-26-16-9-8-12-23(26)3/h5-17,27H,4,18-21H2,1-3H3,(H,30,33)/t27-/m0/s1. The zero-order valence-corrected chi connectivity index (χ0v) is 21.1. The highest BCUT2D eigenvalue weighted by Gasteiger charge is 2.30. The number of aryl methyl sites for hydroxylation is 2. The molecular weight excluding hydrogens is 440 g/mol. The number of carbonyl (C=O) groups excluding carboxylic acids is 2. The Labute approximate surface area is 207 Å². The molecule has 0 aromatic heterocycles. The molecule has 0 spiro atoms. The Morgan fingerprint density at radius 2 is 1.62 bits per heavy atom. The summed E-state index contributed by atoms with van der Waals surface area (Å²) in [7, 11) is 0. The highest BCUT2D eigenvalue weighted by atomic mass is 32.2. The van der Waals surface area contributed by atoms with E-state index < -0.39 is 6.04 Å². The van der Waals surface area contributed by atoms with E-state index >= 15 is 0 Å². The summed E-state index contributed by atoms with van der Waals surface area (Å²) in [5, 5.41) is 2.95. The van der Waals surface area contributed by atoms with Crippen molar-refractivity contribution in [1.82, 2.24) is 10.2 Å². The molecule has 0 saturated carbocycles. The van der Waals surface area contributed by atoms with Gasteiger partial charge in [0, 0.05) is 25.3 Å². The highest BCUT2D eigenvalue weighted by Crippen LogP contribution is 2.20. The van der Waals surface area contributed by atoms with Crippen LogP contribution < -0.4 is 5.32 Å². The van der Waals surface area contributed by atoms with E-state index in [1.807, 2.05) is 74.5 Å². The second kappa shape index (κ2) is 13.0. The van der Waals surface area contributed by atoms with Crippen LogP contribution in [0.2, 0.25) is 0 Å². The zero-order chi connectivity index (χ0) is 24.3. The molecule has 0 aliphatic heterocycles. The minimum absolute atomic E-state index is 0.0210. The van der Waals surface area contributed by atoms with Crippen molar-refractivity contribution in [3.05, 3.63) is 107 Å². The molecule has 34 heavy (non-hydrogen) atoms. The number of nitrogens with one attached hydrogen (secondary N) is 1. The predicted octanol–water partition coefficient (Wildman–Crippen LogP) is 5.31. The molecule has 0 aliphatic carbocycles. The SMILES string of the molecule is CCNC(=O)[C@H](Cc1ccccc1)N(Cc1cccc(C)c1)C(=O)CSCc1ccccc1C. The van der Waals surface area contributed by atoms with Crippen molar-refractivity contribution in [3.8, 4) is 0 Å². The van der Waals surface area contributed by atoms with Gasteiger partial charge in [0.1, 0.15) is 6.04 Å². The van der Waals surface area contributed by atoms with Crippen molar-refractivity contribution in [2.75, 3.05) is 12.3 Å². The number of benzene rings is 3. The number of thioether (sulfide) groups is 1. The number of hydrogen-bond acceptors (Lipinski definition) is 3. The van der Waals surface area contributed by atoms with Gasteiger partial charge in [-0.1, -0.05) is 84.4 Å². The number of amides is 2. The molecule has 3 aromatic carbocycles. The van der Waals surface area contributed by atoms with Gasteiger partial charge in [0.25, 0.3) is 0 Å². The third-order valence-corrected chi connectivity index (χ3v) is 6.77. The molecule has 0 heterocycles. The van der Waals surface area contributed by atoms with Crippen LogP contribution in [0.1, 0.15) is 34.7 Å². The molecular formula is C29H34N2O2S. The van der Waals surface area contributed by atoms with Gasteiger partial charge in [-0.15, -0.1) is 11.8 Å². The van der Waals surface area contributed by atoms with E-state index in [-0.39, 0.29) is 11.8 Å². The van der Waals surface area contributed by atoms with Crippen LogP contribution in [0.3, 0.4) is 0 Å². The maximum absolute atomic E-state index is 13.6. The molecule has 0 saturated heterocycles. The smallest absolute Gasteiger partial charge is 0.243 e. The van der Waals surface area contributed by atoms with Crippen LogP contribution in [0.4, 0.5) is 0 Å². The van der Waals surface area contributed by atoms with Gasteiger partial charge in [-0.25, -0.2) is 0 Å². The summed E-state index contributed by atoms with van der Waals surface area (Å²) < 4.78 is 0. The quantitative estimate of drug-likeness (QED) is 0.410. The van der Waals surface area contributed by atoms with Gasteiger partial charge < -0.3 is 10.2 Å². The molecule has 0 unspecified atom stereocenters. The molecule has 1 N–H and O–H groups in total. The van der Waals surface area contributed by atoms with Gasteiger partial charge in [0.2, 0.25) is 11.8 Å². The molecule has 3 rings (SSSR count). The van der Waals surface area contributed by atoms with Gasteiger partial charge in [-0.05, 0) is 43.0 Å². The van der Waals surface area contributed by atoms with Crippen LogP contribution in [-0.4, -0.2) is 35.1 Å². The van der Waals surface area contributed by atoms with Crippen molar-refractivity contribution in [2.45, 2.75) is 45.5 Å². The Balaban J connectivity index is 1.83. The third kappa shape index (κ3) is 7.49. The Kier molecular flexibility index (Phi) is 9.77. The van der Waals surface area contributed by atoms with E-state index in [0.717, 1.165) is 22.4 Å². The number of carbonyl (C=O) groups is 2. The van der Waals surface area contributed by atoms with E-state index in [2.05, 4.69) is 30.4 Å². The minimum atomic E-state index is -0.575. The first-order valence-corrected chi connectivity index (χ1v) is 12.9. The Morgan fingerprint density at radius 3 is 2.32 bits per heavy atom. The molecule has 0 aliphatic rings. The summed E-state index contributed by atoms with van der Waals surface area (Å²) in [5.41, 5.74) is 5.66. The van der Waals surface area contributed by atoms with Gasteiger partial charge in [-0.2, -0.15) is 0 Å². The molecule has 1 atom stereocenters. The fourth-order valence-corrected chi connectivity index (χ4v) is 4.94. The van der Waals surface area contributed by atoms with Gasteiger partial charge >= 0.3 is 0 Å². The van der Waals surface area contributed by atoms with E-state index in [0.29, 0.717) is 25.3 Å². The Morgan fingerprint density at radius 1 is 0.912 bits per heavy atom. The average Bonchev–Trinajstić information content (AvgIpc) is 2.83. The number of nitrogens with zero attached hydrogens (tertiary/aromatic N) is 1. The van der Waals surface area contributed by atoms with E-state index in [4.69, 9.17) is 0 Å². The normalized spacial score (nSPS) is 11.6. The molecule has 3 aromatic rings. The van der Waals surface area contributed by atoms with Crippen molar-refractivity contribution in [2.24, 2.45) is 0 Å². The first kappa shape index (κ1) is 25.6. The monoisotopic (exact) mass is 474 g/mol. The van der Waals surface area contributed by atoms with E-state index in [1.165, 1.54) is 11.1 Å². The second-order valence-electron chi connectivity index (χ2n) is 8.53. The van der Waals surface area contributed by atoms with Crippen LogP contribution in [0, 0.1) is 13.8 Å². The van der Waals surface area contributed by atoms with Crippen LogP contribution in [0.5, 0.6) is 0 Å². The molecule has 0 bridgehead atoms. The topological polar surface area (TPSA) is 49.4 Å². The van der Waals surface area contributed by atoms with Crippen LogP contribution in [0.15, 0.2) is 78.9 Å². The molecule has 4 nitrogen and oxygen atoms in total. The van der Waals surface area contributed by atoms with Gasteiger partial charge in [0.05, 0.1) is 5.75 Å². The Bertz CT molecular complexity index is 1080. The lowest BCUT2D eigenvalue weighted by Gasteiger charge is -2.31. The molecule has 0 fully saturated rings. The third-order valence-electron chi connectivity index (χ3n) is 5.80. The first-order valence-electron chi connectivity index (χ1n) is 11.8. The van der Waals surface area contributed by atoms with Crippen LogP contribution >= 0.6 is 11.8 Å². The molecule has 5 heteroatoms. The summed E-state index contributed by atoms with van der Waals surface area (Å²) in [6.07, 6.45) is 0.479. The predicted molar refractivity (Wildman–Crippen MR) is 142 cm³/mol. The lowest BCUT2D eigenvalue weighted by molar-refractivity contribution is -0.139. The first-order chi connectivity index (χ1) is 16.5. The number of rotatable bonds is 11. The minimum Gasteiger partial charge on any atom is -0.355 e. The Hall–Kier alpha value is -3.05. The number of likely N-dealkylation sites (N-methyl/N-ethyl adjacent to an activating group) is 1. The summed E-state index contributed by atoms with van der Waals surface area (Å²) in [6, 6.07) is 25.7. The summed E-state index contributed by atoms with van der Waals surface area (Å²) in [6.45, 7) is 6.96. The maximum Gasteiger partial charge on any atom is 0.243 e. The largest absolute Gasteiger partial charge is 0.355 e. The van der Waals surface area contributed by atoms with Crippen molar-refractivity contribution < 1.29 is 9.59 Å². The molecule has 0 radical (unpaired) electrons. The average molecular weight is 475 g/mol. The molecule has 2 amide bonds. The second-order valence-corrected chi connectivity index (χ2v) is 9.52. The summed E-state index contributed by atoms with van der Waals surface area (Å²) in [5.74, 6) is 0.954.